The van der Waals surface area contributed by atoms with Crippen LogP contribution < -0.4 is 5.32 Å². The van der Waals surface area contributed by atoms with E-state index in [2.05, 4.69) is 5.32 Å². The normalized spacial score (nSPS) is 23.6. The first-order valence-electron chi connectivity index (χ1n) is 6.65. The molecule has 1 unspecified atom stereocenters. The van der Waals surface area contributed by atoms with Gasteiger partial charge in [0.05, 0.1) is 12.1 Å². The van der Waals surface area contributed by atoms with Gasteiger partial charge < -0.3 is 15.1 Å². The highest BCUT2D eigenvalue weighted by Crippen LogP contribution is 2.21. The Hall–Kier alpha value is -1.10. The molecular weight excluding hydrogens is 230 g/mol. The first kappa shape index (κ1) is 15.0. The molecule has 0 aromatic heterocycles. The molecule has 1 aliphatic heterocycles. The van der Waals surface area contributed by atoms with Gasteiger partial charge in [-0.25, -0.2) is 0 Å². The lowest BCUT2D eigenvalue weighted by atomic mass is 9.89. The van der Waals surface area contributed by atoms with Crippen molar-refractivity contribution in [3.63, 3.8) is 0 Å². The van der Waals surface area contributed by atoms with Gasteiger partial charge >= 0.3 is 0 Å². The quantitative estimate of drug-likeness (QED) is 0.794. The molecule has 0 spiro atoms. The molecule has 1 aliphatic rings. The van der Waals surface area contributed by atoms with Crippen molar-refractivity contribution in [2.75, 3.05) is 33.7 Å². The van der Waals surface area contributed by atoms with Crippen LogP contribution in [0.2, 0.25) is 0 Å². The monoisotopic (exact) mass is 255 g/mol. The number of piperidine rings is 1. The van der Waals surface area contributed by atoms with Gasteiger partial charge in [0.15, 0.2) is 0 Å². The summed E-state index contributed by atoms with van der Waals surface area (Å²) in [5.74, 6) is 0.00418. The van der Waals surface area contributed by atoms with Gasteiger partial charge in [-0.3, -0.25) is 9.59 Å². The van der Waals surface area contributed by atoms with Crippen molar-refractivity contribution in [3.05, 3.63) is 0 Å². The molecule has 0 aromatic carbocycles. The number of nitrogens with one attached hydrogen (secondary N) is 1. The number of carbonyl (C=O) groups excluding carboxylic acids is 2. The molecule has 1 rings (SSSR count). The van der Waals surface area contributed by atoms with Gasteiger partial charge in [-0.1, -0.05) is 0 Å². The topological polar surface area (TPSA) is 52.7 Å². The van der Waals surface area contributed by atoms with Crippen LogP contribution in [0.1, 0.15) is 33.1 Å². The van der Waals surface area contributed by atoms with E-state index in [4.69, 9.17) is 0 Å². The summed E-state index contributed by atoms with van der Waals surface area (Å²) in [5.41, 5.74) is -0.499. The number of hydrogen-bond acceptors (Lipinski definition) is 3. The predicted molar refractivity (Wildman–Crippen MR) is 71.2 cm³/mol. The second kappa shape index (κ2) is 6.18. The highest BCUT2D eigenvalue weighted by atomic mass is 16.2. The SMILES string of the molecule is CCN(CC(=O)N(C)C)C(=O)C1(C)CCCCN1. The van der Waals surface area contributed by atoms with E-state index in [1.54, 1.807) is 19.0 Å². The molecule has 0 bridgehead atoms. The van der Waals surface area contributed by atoms with Crippen LogP contribution in [0.3, 0.4) is 0 Å². The van der Waals surface area contributed by atoms with Crippen molar-refractivity contribution in [1.29, 1.82) is 0 Å². The summed E-state index contributed by atoms with van der Waals surface area (Å²) in [6, 6.07) is 0. The molecule has 0 aliphatic carbocycles. The molecule has 1 saturated heterocycles. The van der Waals surface area contributed by atoms with Crippen molar-refractivity contribution in [2.24, 2.45) is 0 Å². The van der Waals surface area contributed by atoms with Crippen LogP contribution in [0.25, 0.3) is 0 Å². The number of amides is 2. The van der Waals surface area contributed by atoms with Gasteiger partial charge in [-0.05, 0) is 39.7 Å². The smallest absolute Gasteiger partial charge is 0.243 e. The Morgan fingerprint density at radius 3 is 2.39 bits per heavy atom. The fourth-order valence-corrected chi connectivity index (χ4v) is 2.22. The van der Waals surface area contributed by atoms with Gasteiger partial charge in [0.1, 0.15) is 0 Å². The minimum Gasteiger partial charge on any atom is -0.347 e. The van der Waals surface area contributed by atoms with E-state index in [1.165, 1.54) is 4.90 Å². The minimum absolute atomic E-state index is 0.0374. The zero-order chi connectivity index (χ0) is 13.8. The lowest BCUT2D eigenvalue weighted by Gasteiger charge is -2.37. The number of carbonyl (C=O) groups is 2. The molecule has 1 N–H and O–H groups in total. The van der Waals surface area contributed by atoms with E-state index in [0.717, 1.165) is 25.8 Å². The van der Waals surface area contributed by atoms with Crippen LogP contribution in [-0.4, -0.2) is 60.9 Å². The number of nitrogens with zero attached hydrogens (tertiary/aromatic N) is 2. The number of rotatable bonds is 4. The Balaban J connectivity index is 2.69. The maximum atomic E-state index is 12.5. The fraction of sp³-hybridized carbons (Fsp3) is 0.846. The molecule has 0 radical (unpaired) electrons. The van der Waals surface area contributed by atoms with Crippen LogP contribution in [-0.2, 0) is 9.59 Å². The van der Waals surface area contributed by atoms with E-state index < -0.39 is 5.54 Å². The molecule has 18 heavy (non-hydrogen) atoms. The third-order valence-electron chi connectivity index (χ3n) is 3.58. The van der Waals surface area contributed by atoms with Gasteiger partial charge in [0.2, 0.25) is 11.8 Å². The molecule has 104 valence electrons. The number of hydrogen-bond donors (Lipinski definition) is 1. The molecule has 0 saturated carbocycles. The second-order valence-electron chi connectivity index (χ2n) is 5.32. The van der Waals surface area contributed by atoms with Crippen molar-refractivity contribution in [3.8, 4) is 0 Å². The number of likely N-dealkylation sites (N-methyl/N-ethyl adjacent to an activating group) is 2. The summed E-state index contributed by atoms with van der Waals surface area (Å²) in [7, 11) is 3.42. The van der Waals surface area contributed by atoms with Crippen molar-refractivity contribution in [1.82, 2.24) is 15.1 Å². The Morgan fingerprint density at radius 1 is 1.28 bits per heavy atom. The van der Waals surface area contributed by atoms with Gasteiger partial charge in [-0.15, -0.1) is 0 Å². The standard InChI is InChI=1S/C13H25N3O2/c1-5-16(10-11(17)15(3)4)12(18)13(2)8-6-7-9-14-13/h14H,5-10H2,1-4H3. The summed E-state index contributed by atoms with van der Waals surface area (Å²) in [4.78, 5) is 27.4. The molecule has 1 heterocycles. The average Bonchev–Trinajstić information content (AvgIpc) is 2.35. The third-order valence-corrected chi connectivity index (χ3v) is 3.58. The summed E-state index contributed by atoms with van der Waals surface area (Å²) < 4.78 is 0. The summed E-state index contributed by atoms with van der Waals surface area (Å²) >= 11 is 0. The van der Waals surface area contributed by atoms with E-state index in [9.17, 15) is 9.59 Å². The zero-order valence-corrected chi connectivity index (χ0v) is 12.0. The molecular formula is C13H25N3O2. The highest BCUT2D eigenvalue weighted by Gasteiger charge is 2.37. The highest BCUT2D eigenvalue weighted by molar-refractivity contribution is 5.90. The zero-order valence-electron chi connectivity index (χ0n) is 12.0. The Morgan fingerprint density at radius 2 is 1.94 bits per heavy atom. The Bertz CT molecular complexity index is 309. The summed E-state index contributed by atoms with van der Waals surface area (Å²) in [5, 5.41) is 3.30. The summed E-state index contributed by atoms with van der Waals surface area (Å²) in [6.45, 7) is 5.46. The van der Waals surface area contributed by atoms with Gasteiger partial charge in [0, 0.05) is 20.6 Å². The van der Waals surface area contributed by atoms with Gasteiger partial charge in [0.25, 0.3) is 0 Å². The first-order valence-corrected chi connectivity index (χ1v) is 6.65. The predicted octanol–water partition coefficient (Wildman–Crippen LogP) is 0.455. The van der Waals surface area contributed by atoms with Crippen LogP contribution in [0, 0.1) is 0 Å². The fourth-order valence-electron chi connectivity index (χ4n) is 2.22. The average molecular weight is 255 g/mol. The van der Waals surface area contributed by atoms with Crippen LogP contribution in [0.4, 0.5) is 0 Å². The molecule has 0 aromatic rings. The lowest BCUT2D eigenvalue weighted by Crippen LogP contribution is -2.59. The van der Waals surface area contributed by atoms with E-state index in [-0.39, 0.29) is 18.4 Å². The lowest BCUT2D eigenvalue weighted by molar-refractivity contribution is -0.143. The molecule has 5 heteroatoms. The van der Waals surface area contributed by atoms with Crippen LogP contribution in [0.5, 0.6) is 0 Å². The molecule has 1 atom stereocenters. The van der Waals surface area contributed by atoms with Gasteiger partial charge in [-0.2, -0.15) is 0 Å². The second-order valence-corrected chi connectivity index (χ2v) is 5.32. The maximum Gasteiger partial charge on any atom is 0.243 e. The largest absolute Gasteiger partial charge is 0.347 e. The third kappa shape index (κ3) is 3.45. The van der Waals surface area contributed by atoms with Crippen LogP contribution >= 0.6 is 0 Å². The minimum atomic E-state index is -0.499. The Labute approximate surface area is 110 Å². The van der Waals surface area contributed by atoms with E-state index in [1.807, 2.05) is 13.8 Å². The van der Waals surface area contributed by atoms with Crippen LogP contribution in [0.15, 0.2) is 0 Å². The van der Waals surface area contributed by atoms with Crippen molar-refractivity contribution >= 4 is 11.8 Å². The van der Waals surface area contributed by atoms with Crippen molar-refractivity contribution < 1.29 is 9.59 Å². The first-order chi connectivity index (χ1) is 8.40. The van der Waals surface area contributed by atoms with E-state index in [0.29, 0.717) is 6.54 Å². The van der Waals surface area contributed by atoms with E-state index >= 15 is 0 Å². The Kier molecular flexibility index (Phi) is 5.14. The molecule has 1 fully saturated rings. The maximum absolute atomic E-state index is 12.5. The van der Waals surface area contributed by atoms with Crippen molar-refractivity contribution in [2.45, 2.75) is 38.6 Å². The summed E-state index contributed by atoms with van der Waals surface area (Å²) in [6.07, 6.45) is 3.03. The molecule has 2 amide bonds. The molecule has 5 nitrogen and oxygen atoms in total.